The van der Waals surface area contributed by atoms with Gasteiger partial charge in [-0.1, -0.05) is 6.07 Å². The number of amides is 1. The van der Waals surface area contributed by atoms with Gasteiger partial charge in [0, 0.05) is 49.7 Å². The van der Waals surface area contributed by atoms with E-state index in [9.17, 15) is 9.18 Å². The Morgan fingerprint density at radius 1 is 1.37 bits per heavy atom. The maximum absolute atomic E-state index is 14.8. The van der Waals surface area contributed by atoms with E-state index in [1.165, 1.54) is 24.1 Å². The van der Waals surface area contributed by atoms with Crippen molar-refractivity contribution in [2.45, 2.75) is 13.0 Å². The third kappa shape index (κ3) is 3.66. The van der Waals surface area contributed by atoms with E-state index in [0.29, 0.717) is 25.3 Å². The second kappa shape index (κ2) is 7.82. The molecule has 0 unspecified atom stereocenters. The van der Waals surface area contributed by atoms with Crippen LogP contribution in [0.25, 0.3) is 5.69 Å². The zero-order chi connectivity index (χ0) is 21.3. The third-order valence-electron chi connectivity index (χ3n) is 4.87. The molecule has 0 atom stereocenters. The first-order valence-corrected chi connectivity index (χ1v) is 9.23. The van der Waals surface area contributed by atoms with E-state index >= 15 is 0 Å². The number of fused-ring (bicyclic) bond motifs is 1. The van der Waals surface area contributed by atoms with E-state index in [1.807, 2.05) is 6.07 Å². The number of nitrogens with zero attached hydrogens (tertiary/aromatic N) is 4. The van der Waals surface area contributed by atoms with Crippen molar-refractivity contribution in [3.05, 3.63) is 65.4 Å². The molecule has 1 aliphatic rings. The highest BCUT2D eigenvalue weighted by molar-refractivity contribution is 6.07. The van der Waals surface area contributed by atoms with Gasteiger partial charge >= 0.3 is 0 Å². The minimum absolute atomic E-state index is 0.121. The fourth-order valence-electron chi connectivity index (χ4n) is 3.38. The summed E-state index contributed by atoms with van der Waals surface area (Å²) in [6.45, 7) is 0.887. The largest absolute Gasteiger partial charge is 0.497 e. The van der Waals surface area contributed by atoms with Crippen molar-refractivity contribution in [3.8, 4) is 11.4 Å². The Morgan fingerprint density at radius 3 is 2.93 bits per heavy atom. The normalized spacial score (nSPS) is 12.9. The van der Waals surface area contributed by atoms with Crippen molar-refractivity contribution in [3.63, 3.8) is 0 Å². The molecule has 4 N–H and O–H groups in total. The summed E-state index contributed by atoms with van der Waals surface area (Å²) in [6, 6.07) is 7.86. The zero-order valence-electron chi connectivity index (χ0n) is 16.2. The number of methoxy groups -OCH3 is 1. The van der Waals surface area contributed by atoms with Gasteiger partial charge in [-0.2, -0.15) is 5.10 Å². The molecule has 3 heterocycles. The molecule has 0 spiro atoms. The van der Waals surface area contributed by atoms with Crippen molar-refractivity contribution in [1.29, 1.82) is 5.41 Å². The Morgan fingerprint density at radius 2 is 2.20 bits per heavy atom. The predicted octanol–water partition coefficient (Wildman–Crippen LogP) is 1.72. The standard InChI is InChI=1S/C20H20FN7O2/c1-30-13-9-14(21)18(16(10-13)28-7-2-6-24-28)19(29)26-20(23)27-8-5-15-12(11-27)3-4-17(22)25-15/h2-4,6-7,9-10H,5,8,11H2,1H3,(H2,22,25)(H2,23,26,29). The number of aromatic nitrogens is 3. The number of rotatable bonds is 3. The molecular formula is C20H20FN7O2. The molecule has 1 aromatic carbocycles. The summed E-state index contributed by atoms with van der Waals surface area (Å²) in [7, 11) is 1.41. The zero-order valence-corrected chi connectivity index (χ0v) is 16.2. The van der Waals surface area contributed by atoms with Crippen LogP contribution in [0, 0.1) is 11.2 Å². The summed E-state index contributed by atoms with van der Waals surface area (Å²) >= 11 is 0. The summed E-state index contributed by atoms with van der Waals surface area (Å²) in [5.74, 6) is -0.930. The molecule has 0 radical (unpaired) electrons. The number of carbonyl (C=O) groups is 1. The fourth-order valence-corrected chi connectivity index (χ4v) is 3.38. The van der Waals surface area contributed by atoms with E-state index in [1.54, 1.807) is 23.2 Å². The molecule has 0 fully saturated rings. The van der Waals surface area contributed by atoms with E-state index in [2.05, 4.69) is 15.4 Å². The predicted molar refractivity (Wildman–Crippen MR) is 108 cm³/mol. The van der Waals surface area contributed by atoms with Gasteiger partial charge in [0.2, 0.25) is 0 Å². The number of guanidine groups is 1. The topological polar surface area (TPSA) is 122 Å². The summed E-state index contributed by atoms with van der Waals surface area (Å²) in [6.07, 6.45) is 3.71. The Hall–Kier alpha value is -3.95. The van der Waals surface area contributed by atoms with Crippen LogP contribution >= 0.6 is 0 Å². The monoisotopic (exact) mass is 409 g/mol. The van der Waals surface area contributed by atoms with Crippen LogP contribution in [-0.2, 0) is 13.0 Å². The third-order valence-corrected chi connectivity index (χ3v) is 4.87. The van der Waals surface area contributed by atoms with Crippen molar-refractivity contribution in [2.24, 2.45) is 0 Å². The molecule has 1 aliphatic heterocycles. The number of nitrogen functional groups attached to an aromatic ring is 1. The highest BCUT2D eigenvalue weighted by Crippen LogP contribution is 2.25. The number of hydrogen-bond acceptors (Lipinski definition) is 6. The number of nitrogens with two attached hydrogens (primary N) is 1. The highest BCUT2D eigenvalue weighted by Gasteiger charge is 2.25. The van der Waals surface area contributed by atoms with Gasteiger partial charge in [-0.25, -0.2) is 14.1 Å². The summed E-state index contributed by atoms with van der Waals surface area (Å²) in [4.78, 5) is 18.9. The molecule has 154 valence electrons. The van der Waals surface area contributed by atoms with Crippen LogP contribution in [0.2, 0.25) is 0 Å². The average Bonchev–Trinajstić information content (AvgIpc) is 3.27. The van der Waals surface area contributed by atoms with Crippen LogP contribution in [-0.4, -0.2) is 45.2 Å². The first-order chi connectivity index (χ1) is 14.5. The first kappa shape index (κ1) is 19.4. The smallest absolute Gasteiger partial charge is 0.263 e. The van der Waals surface area contributed by atoms with Gasteiger partial charge in [-0.15, -0.1) is 0 Å². The van der Waals surface area contributed by atoms with Gasteiger partial charge < -0.3 is 15.4 Å². The van der Waals surface area contributed by atoms with Gasteiger partial charge in [0.15, 0.2) is 5.96 Å². The number of anilines is 1. The van der Waals surface area contributed by atoms with Crippen LogP contribution in [0.15, 0.2) is 42.7 Å². The maximum atomic E-state index is 14.8. The van der Waals surface area contributed by atoms with Gasteiger partial charge in [-0.3, -0.25) is 15.5 Å². The minimum Gasteiger partial charge on any atom is -0.497 e. The lowest BCUT2D eigenvalue weighted by molar-refractivity contribution is 0.0967. The number of pyridine rings is 1. The molecule has 1 amide bonds. The molecule has 30 heavy (non-hydrogen) atoms. The van der Waals surface area contributed by atoms with Crippen molar-refractivity contribution >= 4 is 17.7 Å². The number of ether oxygens (including phenoxy) is 1. The molecule has 9 nitrogen and oxygen atoms in total. The van der Waals surface area contributed by atoms with Gasteiger partial charge in [-0.05, 0) is 17.7 Å². The molecule has 10 heteroatoms. The fraction of sp³-hybridized carbons (Fsp3) is 0.200. The molecule has 2 aromatic heterocycles. The molecule has 4 rings (SSSR count). The Balaban J connectivity index is 1.57. The van der Waals surface area contributed by atoms with Gasteiger partial charge in [0.25, 0.3) is 5.91 Å². The number of hydrogen-bond donors (Lipinski definition) is 3. The molecule has 0 saturated heterocycles. The highest BCUT2D eigenvalue weighted by atomic mass is 19.1. The van der Waals surface area contributed by atoms with Crippen LogP contribution in [0.3, 0.4) is 0 Å². The minimum atomic E-state index is -0.770. The molecule has 0 saturated carbocycles. The molecule has 3 aromatic rings. The lowest BCUT2D eigenvalue weighted by Crippen LogP contribution is -2.46. The second-order valence-electron chi connectivity index (χ2n) is 6.77. The van der Waals surface area contributed by atoms with Crippen LogP contribution < -0.4 is 15.8 Å². The van der Waals surface area contributed by atoms with E-state index < -0.39 is 11.7 Å². The van der Waals surface area contributed by atoms with Crippen LogP contribution in [0.5, 0.6) is 5.75 Å². The molecule has 0 bridgehead atoms. The average molecular weight is 409 g/mol. The maximum Gasteiger partial charge on any atom is 0.263 e. The Bertz CT molecular complexity index is 1110. The molecular weight excluding hydrogens is 389 g/mol. The SMILES string of the molecule is COc1cc(F)c(C(=O)NC(=N)N2CCc3nc(N)ccc3C2)c(-n2cccn2)c1. The van der Waals surface area contributed by atoms with Crippen molar-refractivity contribution < 1.29 is 13.9 Å². The van der Waals surface area contributed by atoms with Gasteiger partial charge in [0.1, 0.15) is 22.9 Å². The van der Waals surface area contributed by atoms with E-state index in [-0.39, 0.29) is 23.0 Å². The number of benzene rings is 1. The molecule has 0 aliphatic carbocycles. The van der Waals surface area contributed by atoms with Gasteiger partial charge in [0.05, 0.1) is 12.8 Å². The lowest BCUT2D eigenvalue weighted by atomic mass is 10.1. The lowest BCUT2D eigenvalue weighted by Gasteiger charge is -2.30. The van der Waals surface area contributed by atoms with E-state index in [4.69, 9.17) is 15.9 Å². The number of halogens is 1. The van der Waals surface area contributed by atoms with Crippen molar-refractivity contribution in [2.75, 3.05) is 19.4 Å². The number of nitrogens with one attached hydrogen (secondary N) is 2. The van der Waals surface area contributed by atoms with E-state index in [0.717, 1.165) is 17.3 Å². The first-order valence-electron chi connectivity index (χ1n) is 9.23. The Kier molecular flexibility index (Phi) is 5.05. The Labute approximate surface area is 171 Å². The summed E-state index contributed by atoms with van der Waals surface area (Å²) in [5.41, 5.74) is 7.52. The van der Waals surface area contributed by atoms with Crippen LogP contribution in [0.1, 0.15) is 21.6 Å². The summed E-state index contributed by atoms with van der Waals surface area (Å²) in [5, 5.41) is 14.9. The second-order valence-corrected chi connectivity index (χ2v) is 6.77. The van der Waals surface area contributed by atoms with Crippen molar-refractivity contribution in [1.82, 2.24) is 25.0 Å². The summed E-state index contributed by atoms with van der Waals surface area (Å²) < 4.78 is 21.3. The van der Waals surface area contributed by atoms with Crippen LogP contribution in [0.4, 0.5) is 10.2 Å². The quantitative estimate of drug-likeness (QED) is 0.447. The number of carbonyl (C=O) groups excluding carboxylic acids is 1.